The molecule has 5 heteroatoms. The quantitative estimate of drug-likeness (QED) is 0.755. The Bertz CT molecular complexity index is 879. The van der Waals surface area contributed by atoms with E-state index in [4.69, 9.17) is 0 Å². The minimum absolute atomic E-state index is 1.05. The van der Waals surface area contributed by atoms with E-state index in [0.717, 1.165) is 49.8 Å². The molecule has 1 aliphatic heterocycles. The van der Waals surface area contributed by atoms with E-state index in [-0.39, 0.29) is 0 Å². The fourth-order valence-corrected chi connectivity index (χ4v) is 4.41. The second kappa shape index (κ2) is 7.98. The van der Waals surface area contributed by atoms with Crippen LogP contribution in [0.15, 0.2) is 48.8 Å². The minimum Gasteiger partial charge on any atom is -0.345 e. The van der Waals surface area contributed by atoms with E-state index in [0.29, 0.717) is 0 Å². The maximum atomic E-state index is 4.60. The first kappa shape index (κ1) is 17.2. The molecule has 26 heavy (non-hydrogen) atoms. The van der Waals surface area contributed by atoms with Gasteiger partial charge in [0.15, 0.2) is 0 Å². The van der Waals surface area contributed by atoms with Crippen molar-refractivity contribution in [1.82, 2.24) is 9.97 Å². The van der Waals surface area contributed by atoms with Crippen molar-refractivity contribution in [2.75, 3.05) is 37.6 Å². The summed E-state index contributed by atoms with van der Waals surface area (Å²) in [4.78, 5) is 15.6. The molecule has 0 spiro atoms. The Hall–Kier alpha value is -2.24. The van der Waals surface area contributed by atoms with Crippen molar-refractivity contribution >= 4 is 33.4 Å². The predicted molar refractivity (Wildman–Crippen MR) is 110 cm³/mol. The molecule has 134 valence electrons. The van der Waals surface area contributed by atoms with Crippen LogP contribution in [0.4, 0.5) is 5.82 Å². The van der Waals surface area contributed by atoms with Crippen LogP contribution in [0.1, 0.15) is 17.4 Å². The van der Waals surface area contributed by atoms with Gasteiger partial charge in [0.1, 0.15) is 17.0 Å². The Morgan fingerprint density at radius 1 is 1.15 bits per heavy atom. The van der Waals surface area contributed by atoms with Gasteiger partial charge in [0, 0.05) is 4.88 Å². The summed E-state index contributed by atoms with van der Waals surface area (Å²) in [6.45, 7) is 7.68. The highest BCUT2D eigenvalue weighted by Gasteiger charge is 2.22. The third kappa shape index (κ3) is 3.79. The number of fused-ring (bicyclic) bond motifs is 1. The van der Waals surface area contributed by atoms with Crippen LogP contribution in [-0.4, -0.2) is 42.7 Å². The minimum atomic E-state index is 1.05. The highest BCUT2D eigenvalue weighted by atomic mass is 32.1. The molecule has 1 N–H and O–H groups in total. The van der Waals surface area contributed by atoms with E-state index in [1.165, 1.54) is 15.8 Å². The number of benzene rings is 1. The molecule has 0 aliphatic carbocycles. The molecule has 0 amide bonds. The summed E-state index contributed by atoms with van der Waals surface area (Å²) >= 11 is 1.79. The molecule has 1 fully saturated rings. The van der Waals surface area contributed by atoms with Crippen molar-refractivity contribution in [3.63, 3.8) is 0 Å². The topological polar surface area (TPSA) is 33.5 Å². The molecule has 4 rings (SSSR count). The number of quaternary nitrogens is 1. The zero-order chi connectivity index (χ0) is 17.8. The first-order chi connectivity index (χ1) is 12.8. The van der Waals surface area contributed by atoms with E-state index in [1.807, 2.05) is 0 Å². The summed E-state index contributed by atoms with van der Waals surface area (Å²) in [6, 6.07) is 12.8. The van der Waals surface area contributed by atoms with Gasteiger partial charge in [-0.15, -0.1) is 11.3 Å². The molecule has 0 saturated carbocycles. The monoisotopic (exact) mass is 365 g/mol. The van der Waals surface area contributed by atoms with Gasteiger partial charge in [0.2, 0.25) is 0 Å². The standard InChI is InChI=1S/C21H24N4S/c1-2-18-15-19-20(22-16-23-21(19)26-18)25-13-11-24(12-14-25)10-6-9-17-7-4-3-5-8-17/h3-9,15-16H,2,10-14H2,1H3/p+1. The van der Waals surface area contributed by atoms with E-state index in [2.05, 4.69) is 70.3 Å². The second-order valence-corrected chi connectivity index (χ2v) is 7.85. The lowest BCUT2D eigenvalue weighted by atomic mass is 10.2. The number of piperazine rings is 1. The molecule has 3 heterocycles. The van der Waals surface area contributed by atoms with Crippen molar-refractivity contribution < 1.29 is 4.90 Å². The van der Waals surface area contributed by atoms with Crippen molar-refractivity contribution in [1.29, 1.82) is 0 Å². The van der Waals surface area contributed by atoms with E-state index >= 15 is 0 Å². The molecule has 4 nitrogen and oxygen atoms in total. The van der Waals surface area contributed by atoms with Crippen molar-refractivity contribution in [3.8, 4) is 0 Å². The number of thiophene rings is 1. The maximum Gasteiger partial charge on any atom is 0.141 e. The fourth-order valence-electron chi connectivity index (χ4n) is 3.48. The number of nitrogens with zero attached hydrogens (tertiary/aromatic N) is 3. The van der Waals surface area contributed by atoms with Gasteiger partial charge < -0.3 is 9.80 Å². The van der Waals surface area contributed by atoms with Crippen LogP contribution in [-0.2, 0) is 6.42 Å². The average Bonchev–Trinajstić information content (AvgIpc) is 3.13. The molecule has 0 atom stereocenters. The van der Waals surface area contributed by atoms with Crippen LogP contribution >= 0.6 is 11.3 Å². The number of nitrogens with one attached hydrogen (secondary N) is 1. The zero-order valence-electron chi connectivity index (χ0n) is 15.2. The van der Waals surface area contributed by atoms with Gasteiger partial charge in [-0.3, -0.25) is 0 Å². The molecule has 2 aromatic heterocycles. The second-order valence-electron chi connectivity index (χ2n) is 6.74. The van der Waals surface area contributed by atoms with Gasteiger partial charge in [-0.2, -0.15) is 0 Å². The van der Waals surface area contributed by atoms with Crippen LogP contribution < -0.4 is 9.80 Å². The molecular formula is C21H25N4S+. The molecule has 0 unspecified atom stereocenters. The predicted octanol–water partition coefficient (Wildman–Crippen LogP) is 2.67. The largest absolute Gasteiger partial charge is 0.345 e. The van der Waals surface area contributed by atoms with Gasteiger partial charge in [0.05, 0.1) is 38.1 Å². The van der Waals surface area contributed by atoms with Gasteiger partial charge >= 0.3 is 0 Å². The molecule has 3 aromatic rings. The number of anilines is 1. The van der Waals surface area contributed by atoms with Crippen LogP contribution in [0, 0.1) is 0 Å². The summed E-state index contributed by atoms with van der Waals surface area (Å²) in [5.41, 5.74) is 1.28. The lowest BCUT2D eigenvalue weighted by Gasteiger charge is -2.32. The molecule has 1 saturated heterocycles. The summed E-state index contributed by atoms with van der Waals surface area (Å²) in [6.07, 6.45) is 7.31. The van der Waals surface area contributed by atoms with Gasteiger partial charge in [-0.1, -0.05) is 43.3 Å². The lowest BCUT2D eigenvalue weighted by molar-refractivity contribution is -0.894. The third-order valence-electron chi connectivity index (χ3n) is 4.99. The number of rotatable bonds is 5. The number of hydrogen-bond donors (Lipinski definition) is 1. The van der Waals surface area contributed by atoms with E-state index < -0.39 is 0 Å². The molecular weight excluding hydrogens is 340 g/mol. The van der Waals surface area contributed by atoms with Gasteiger partial charge in [-0.05, 0) is 24.1 Å². The van der Waals surface area contributed by atoms with E-state index in [9.17, 15) is 0 Å². The van der Waals surface area contributed by atoms with Crippen molar-refractivity contribution in [2.24, 2.45) is 0 Å². The first-order valence-corrected chi connectivity index (χ1v) is 10.2. The Balaban J connectivity index is 1.38. The van der Waals surface area contributed by atoms with Gasteiger partial charge in [-0.25, -0.2) is 9.97 Å². The molecule has 1 aromatic carbocycles. The highest BCUT2D eigenvalue weighted by molar-refractivity contribution is 7.18. The summed E-state index contributed by atoms with van der Waals surface area (Å²) in [5, 5.41) is 1.22. The summed E-state index contributed by atoms with van der Waals surface area (Å²) < 4.78 is 0. The lowest BCUT2D eigenvalue weighted by Crippen LogP contribution is -3.14. The third-order valence-corrected chi connectivity index (χ3v) is 6.18. The van der Waals surface area contributed by atoms with Crippen LogP contribution in [0.25, 0.3) is 16.3 Å². The van der Waals surface area contributed by atoms with E-state index in [1.54, 1.807) is 22.6 Å². The van der Waals surface area contributed by atoms with Gasteiger partial charge in [0.25, 0.3) is 0 Å². The molecule has 0 bridgehead atoms. The Labute approximate surface area is 158 Å². The molecule has 1 aliphatic rings. The summed E-state index contributed by atoms with van der Waals surface area (Å²) in [7, 11) is 0. The SMILES string of the molecule is CCc1cc2c(N3CC[NH+](CC=Cc4ccccc4)CC3)ncnc2s1. The highest BCUT2D eigenvalue weighted by Crippen LogP contribution is 2.30. The maximum absolute atomic E-state index is 4.60. The number of aromatic nitrogens is 2. The Morgan fingerprint density at radius 3 is 2.73 bits per heavy atom. The van der Waals surface area contributed by atoms with Crippen LogP contribution in [0.3, 0.4) is 0 Å². The summed E-state index contributed by atoms with van der Waals surface area (Å²) in [5.74, 6) is 1.12. The average molecular weight is 366 g/mol. The van der Waals surface area contributed by atoms with Crippen molar-refractivity contribution in [3.05, 3.63) is 59.2 Å². The first-order valence-electron chi connectivity index (χ1n) is 9.37. The fraction of sp³-hybridized carbons (Fsp3) is 0.333. The van der Waals surface area contributed by atoms with Crippen molar-refractivity contribution in [2.45, 2.75) is 13.3 Å². The van der Waals surface area contributed by atoms with Crippen LogP contribution in [0.5, 0.6) is 0 Å². The number of aryl methyl sites for hydroxylation is 1. The molecule has 0 radical (unpaired) electrons. The number of hydrogen-bond acceptors (Lipinski definition) is 4. The Morgan fingerprint density at radius 2 is 1.96 bits per heavy atom. The zero-order valence-corrected chi connectivity index (χ0v) is 16.0. The normalized spacial score (nSPS) is 16.0. The smallest absolute Gasteiger partial charge is 0.141 e. The Kier molecular flexibility index (Phi) is 5.27. The van der Waals surface area contributed by atoms with Crippen LogP contribution in [0.2, 0.25) is 0 Å².